The molecular formula is C18H20N2O3S. The number of carbonyl (C=O) groups excluding carboxylic acids is 2. The second-order valence-electron chi connectivity index (χ2n) is 5.55. The maximum atomic E-state index is 12.7. The number of hydrogen-bond acceptors (Lipinski definition) is 5. The van der Waals surface area contributed by atoms with Crippen LogP contribution in [0.15, 0.2) is 41.8 Å². The number of anilines is 1. The molecule has 24 heavy (non-hydrogen) atoms. The van der Waals surface area contributed by atoms with Crippen molar-refractivity contribution in [2.24, 2.45) is 0 Å². The minimum absolute atomic E-state index is 0.0524. The number of fused-ring (bicyclic) bond motifs is 1. The molecule has 3 rings (SSSR count). The molecule has 2 aromatic rings. The van der Waals surface area contributed by atoms with Gasteiger partial charge in [0.05, 0.1) is 19.6 Å². The smallest absolute Gasteiger partial charge is 0.306 e. The Kier molecular flexibility index (Phi) is 5.15. The highest BCUT2D eigenvalue weighted by molar-refractivity contribution is 7.10. The third-order valence-corrected chi connectivity index (χ3v) is 4.87. The Morgan fingerprint density at radius 1 is 1.25 bits per heavy atom. The van der Waals surface area contributed by atoms with Crippen molar-refractivity contribution in [1.82, 2.24) is 4.90 Å². The Bertz CT molecular complexity index is 715. The molecule has 1 aliphatic heterocycles. The van der Waals surface area contributed by atoms with E-state index in [2.05, 4.69) is 5.32 Å². The summed E-state index contributed by atoms with van der Waals surface area (Å²) in [7, 11) is 0. The van der Waals surface area contributed by atoms with Gasteiger partial charge in [0.15, 0.2) is 0 Å². The first-order chi connectivity index (χ1) is 11.7. The largest absolute Gasteiger partial charge is 0.466 e. The molecule has 1 N–H and O–H groups in total. The molecule has 0 bridgehead atoms. The van der Waals surface area contributed by atoms with E-state index in [0.29, 0.717) is 13.2 Å². The van der Waals surface area contributed by atoms with Gasteiger partial charge in [-0.3, -0.25) is 9.59 Å². The van der Waals surface area contributed by atoms with Crippen molar-refractivity contribution in [3.05, 3.63) is 52.2 Å². The van der Waals surface area contributed by atoms with Gasteiger partial charge < -0.3 is 15.0 Å². The number of ether oxygens (including phenoxy) is 1. The van der Waals surface area contributed by atoms with E-state index in [0.717, 1.165) is 16.1 Å². The van der Waals surface area contributed by atoms with Crippen LogP contribution in [-0.4, -0.2) is 23.4 Å². The molecule has 126 valence electrons. The molecular weight excluding hydrogens is 324 g/mol. The highest BCUT2D eigenvalue weighted by Crippen LogP contribution is 2.35. The van der Waals surface area contributed by atoms with Crippen LogP contribution < -0.4 is 5.32 Å². The molecule has 0 saturated heterocycles. The maximum absolute atomic E-state index is 12.7. The van der Waals surface area contributed by atoms with Crippen LogP contribution >= 0.6 is 11.3 Å². The molecule has 0 aliphatic carbocycles. The normalized spacial score (nSPS) is 16.2. The molecule has 1 atom stereocenters. The molecule has 1 unspecified atom stereocenters. The summed E-state index contributed by atoms with van der Waals surface area (Å²) in [6, 6.07) is 12.0. The zero-order chi connectivity index (χ0) is 16.9. The summed E-state index contributed by atoms with van der Waals surface area (Å²) in [6.45, 7) is 2.63. The van der Waals surface area contributed by atoms with Gasteiger partial charge in [-0.15, -0.1) is 11.3 Å². The first-order valence-electron chi connectivity index (χ1n) is 8.02. The number of nitrogens with one attached hydrogen (secondary N) is 1. The van der Waals surface area contributed by atoms with Crippen LogP contribution in [0.1, 0.15) is 36.4 Å². The van der Waals surface area contributed by atoms with Crippen LogP contribution in [0.25, 0.3) is 0 Å². The molecule has 1 aromatic carbocycles. The fourth-order valence-electron chi connectivity index (χ4n) is 2.79. The lowest BCUT2D eigenvalue weighted by Crippen LogP contribution is -2.41. The van der Waals surface area contributed by atoms with Gasteiger partial charge in [-0.1, -0.05) is 24.3 Å². The van der Waals surface area contributed by atoms with Crippen LogP contribution in [0.4, 0.5) is 5.69 Å². The highest BCUT2D eigenvalue weighted by Gasteiger charge is 2.30. The van der Waals surface area contributed by atoms with Crippen LogP contribution in [0, 0.1) is 0 Å². The van der Waals surface area contributed by atoms with E-state index in [1.54, 1.807) is 23.2 Å². The van der Waals surface area contributed by atoms with Gasteiger partial charge in [0.25, 0.3) is 0 Å². The first-order valence-corrected chi connectivity index (χ1v) is 8.90. The van der Waals surface area contributed by atoms with Crippen molar-refractivity contribution in [2.75, 3.05) is 11.9 Å². The van der Waals surface area contributed by atoms with Crippen molar-refractivity contribution in [2.45, 2.75) is 32.5 Å². The van der Waals surface area contributed by atoms with E-state index in [4.69, 9.17) is 4.74 Å². The third-order valence-electron chi connectivity index (χ3n) is 3.94. The summed E-state index contributed by atoms with van der Waals surface area (Å²) < 4.78 is 4.91. The number of esters is 1. The van der Waals surface area contributed by atoms with Gasteiger partial charge in [-0.2, -0.15) is 0 Å². The number of para-hydroxylation sites is 1. The van der Waals surface area contributed by atoms with Crippen molar-refractivity contribution < 1.29 is 14.3 Å². The third kappa shape index (κ3) is 3.59. The van der Waals surface area contributed by atoms with Gasteiger partial charge in [0, 0.05) is 17.0 Å². The number of carbonyl (C=O) groups is 2. The Morgan fingerprint density at radius 3 is 2.83 bits per heavy atom. The van der Waals surface area contributed by atoms with Crippen molar-refractivity contribution in [1.29, 1.82) is 0 Å². The van der Waals surface area contributed by atoms with E-state index in [9.17, 15) is 9.59 Å². The zero-order valence-electron chi connectivity index (χ0n) is 13.5. The van der Waals surface area contributed by atoms with E-state index in [-0.39, 0.29) is 30.9 Å². The molecule has 0 fully saturated rings. The Balaban J connectivity index is 1.78. The molecule has 1 aromatic heterocycles. The lowest BCUT2D eigenvalue weighted by atomic mass is 10.1. The van der Waals surface area contributed by atoms with Crippen molar-refractivity contribution in [3.8, 4) is 0 Å². The highest BCUT2D eigenvalue weighted by atomic mass is 32.1. The fraction of sp³-hybridized carbons (Fsp3) is 0.333. The number of rotatable bonds is 5. The second kappa shape index (κ2) is 7.49. The maximum Gasteiger partial charge on any atom is 0.306 e. The Morgan fingerprint density at radius 2 is 2.08 bits per heavy atom. The summed E-state index contributed by atoms with van der Waals surface area (Å²) in [5, 5.41) is 5.44. The molecule has 0 radical (unpaired) electrons. The monoisotopic (exact) mass is 344 g/mol. The Hall–Kier alpha value is -2.34. The van der Waals surface area contributed by atoms with Crippen molar-refractivity contribution in [3.63, 3.8) is 0 Å². The van der Waals surface area contributed by atoms with Gasteiger partial charge in [-0.05, 0) is 30.0 Å². The SMILES string of the molecule is CCOC(=O)CCC(=O)N1Cc2ccccc2NC1c1cccs1. The molecule has 1 aliphatic rings. The summed E-state index contributed by atoms with van der Waals surface area (Å²) in [4.78, 5) is 27.1. The van der Waals surface area contributed by atoms with E-state index in [1.807, 2.05) is 41.8 Å². The quantitative estimate of drug-likeness (QED) is 0.843. The zero-order valence-corrected chi connectivity index (χ0v) is 14.3. The van der Waals surface area contributed by atoms with Gasteiger partial charge in [0.2, 0.25) is 5.91 Å². The summed E-state index contributed by atoms with van der Waals surface area (Å²) in [5.74, 6) is -0.382. The van der Waals surface area contributed by atoms with Crippen LogP contribution in [0.5, 0.6) is 0 Å². The lowest BCUT2D eigenvalue weighted by molar-refractivity contribution is -0.146. The summed E-state index contributed by atoms with van der Waals surface area (Å²) >= 11 is 1.61. The van der Waals surface area contributed by atoms with E-state index in [1.165, 1.54) is 0 Å². The number of amides is 1. The fourth-order valence-corrected chi connectivity index (χ4v) is 3.57. The number of nitrogens with zero attached hydrogens (tertiary/aromatic N) is 1. The van der Waals surface area contributed by atoms with Crippen LogP contribution in [-0.2, 0) is 20.9 Å². The molecule has 0 spiro atoms. The average molecular weight is 344 g/mol. The average Bonchev–Trinajstić information content (AvgIpc) is 3.13. The topological polar surface area (TPSA) is 58.6 Å². The predicted molar refractivity (Wildman–Crippen MR) is 93.5 cm³/mol. The number of benzene rings is 1. The van der Waals surface area contributed by atoms with Gasteiger partial charge in [0.1, 0.15) is 6.17 Å². The molecule has 2 heterocycles. The van der Waals surface area contributed by atoms with Crippen molar-refractivity contribution >= 4 is 28.9 Å². The molecule has 5 nitrogen and oxygen atoms in total. The summed E-state index contributed by atoms with van der Waals surface area (Å²) in [6.07, 6.45) is 0.0709. The van der Waals surface area contributed by atoms with E-state index >= 15 is 0 Å². The lowest BCUT2D eigenvalue weighted by Gasteiger charge is -2.37. The number of thiophene rings is 1. The van der Waals surface area contributed by atoms with Gasteiger partial charge >= 0.3 is 5.97 Å². The minimum Gasteiger partial charge on any atom is -0.466 e. The summed E-state index contributed by atoms with van der Waals surface area (Å²) in [5.41, 5.74) is 2.13. The molecule has 1 amide bonds. The van der Waals surface area contributed by atoms with Gasteiger partial charge in [-0.25, -0.2) is 0 Å². The second-order valence-corrected chi connectivity index (χ2v) is 6.53. The Labute approximate surface area is 145 Å². The minimum atomic E-state index is -0.330. The molecule has 6 heteroatoms. The first kappa shape index (κ1) is 16.5. The predicted octanol–water partition coefficient (Wildman–Crippen LogP) is 3.54. The van der Waals surface area contributed by atoms with Crippen LogP contribution in [0.2, 0.25) is 0 Å². The van der Waals surface area contributed by atoms with Crippen LogP contribution in [0.3, 0.4) is 0 Å². The standard InChI is InChI=1S/C18H20N2O3S/c1-2-23-17(22)10-9-16(21)20-12-13-6-3-4-7-14(13)19-18(20)15-8-5-11-24-15/h3-8,11,18-19H,2,9-10,12H2,1H3. The number of hydrogen-bond donors (Lipinski definition) is 1. The molecule has 0 saturated carbocycles. The van der Waals surface area contributed by atoms with E-state index < -0.39 is 0 Å².